The number of anilines is 1. The van der Waals surface area contributed by atoms with Crippen LogP contribution in [0.15, 0.2) is 6.07 Å². The van der Waals surface area contributed by atoms with Gasteiger partial charge in [-0.05, 0) is 31.1 Å². The minimum absolute atomic E-state index is 0.173. The van der Waals surface area contributed by atoms with Crippen molar-refractivity contribution in [2.75, 3.05) is 19.0 Å². The number of methoxy groups -OCH3 is 1. The van der Waals surface area contributed by atoms with Crippen LogP contribution >= 0.6 is 0 Å². The normalized spacial score (nSPS) is 27.5. The van der Waals surface area contributed by atoms with Crippen LogP contribution in [-0.4, -0.2) is 29.4 Å². The summed E-state index contributed by atoms with van der Waals surface area (Å²) in [6.07, 6.45) is 9.55. The fraction of sp³-hybridized carbons (Fsp3) is 0.778. The summed E-state index contributed by atoms with van der Waals surface area (Å²) in [5.74, 6) is 2.80. The molecule has 5 nitrogen and oxygen atoms in total. The van der Waals surface area contributed by atoms with Gasteiger partial charge in [-0.1, -0.05) is 25.7 Å². The van der Waals surface area contributed by atoms with Crippen LogP contribution in [0.1, 0.15) is 50.6 Å². The molecule has 0 saturated heterocycles. The smallest absolute Gasteiger partial charge is 0.228 e. The van der Waals surface area contributed by atoms with Gasteiger partial charge in [0.25, 0.3) is 0 Å². The molecule has 0 unspecified atom stereocenters. The van der Waals surface area contributed by atoms with Crippen molar-refractivity contribution in [2.45, 2.75) is 51.4 Å². The summed E-state index contributed by atoms with van der Waals surface area (Å²) in [5.41, 5.74) is 0.959. The van der Waals surface area contributed by atoms with Crippen LogP contribution in [0.3, 0.4) is 0 Å². The highest BCUT2D eigenvalue weighted by atomic mass is 16.5. The van der Waals surface area contributed by atoms with Crippen molar-refractivity contribution in [1.29, 1.82) is 0 Å². The molecule has 1 amide bonds. The Labute approximate surface area is 138 Å². The molecule has 23 heavy (non-hydrogen) atoms. The van der Waals surface area contributed by atoms with Crippen LogP contribution in [-0.2, 0) is 23.0 Å². The van der Waals surface area contributed by atoms with E-state index < -0.39 is 0 Å². The molecule has 128 valence electrons. The summed E-state index contributed by atoms with van der Waals surface area (Å²) in [6, 6.07) is 1.96. The zero-order valence-electron chi connectivity index (χ0n) is 14.4. The number of nitrogens with zero attached hydrogens (tertiary/aromatic N) is 2. The molecule has 3 atom stereocenters. The van der Waals surface area contributed by atoms with E-state index in [1.807, 2.05) is 13.1 Å². The molecule has 0 aliphatic heterocycles. The molecule has 2 aliphatic rings. The number of amides is 1. The highest BCUT2D eigenvalue weighted by Crippen LogP contribution is 2.42. The maximum absolute atomic E-state index is 12.6. The average Bonchev–Trinajstić information content (AvgIpc) is 2.92. The summed E-state index contributed by atoms with van der Waals surface area (Å²) < 4.78 is 6.84. The van der Waals surface area contributed by atoms with Crippen LogP contribution in [0.4, 0.5) is 5.82 Å². The Hall–Kier alpha value is -1.36. The van der Waals surface area contributed by atoms with Crippen LogP contribution < -0.4 is 5.32 Å². The minimum Gasteiger partial charge on any atom is -0.384 e. The molecule has 5 heteroatoms. The van der Waals surface area contributed by atoms with Gasteiger partial charge in [0, 0.05) is 32.6 Å². The first-order chi connectivity index (χ1) is 11.2. The zero-order valence-corrected chi connectivity index (χ0v) is 14.4. The molecule has 0 aromatic carbocycles. The molecule has 0 spiro atoms. The fourth-order valence-electron chi connectivity index (χ4n) is 4.31. The summed E-state index contributed by atoms with van der Waals surface area (Å²) in [5, 5.41) is 7.53. The number of rotatable bonds is 5. The molecular weight excluding hydrogens is 290 g/mol. The molecule has 1 heterocycles. The van der Waals surface area contributed by atoms with Gasteiger partial charge in [0.2, 0.25) is 5.91 Å². The molecule has 0 bridgehead atoms. The van der Waals surface area contributed by atoms with Crippen LogP contribution in [0.25, 0.3) is 0 Å². The quantitative estimate of drug-likeness (QED) is 0.907. The minimum atomic E-state index is 0.173. The molecule has 1 aromatic heterocycles. The molecule has 0 radical (unpaired) electrons. The van der Waals surface area contributed by atoms with Crippen molar-refractivity contribution < 1.29 is 9.53 Å². The second-order valence-corrected chi connectivity index (χ2v) is 7.19. The van der Waals surface area contributed by atoms with Crippen molar-refractivity contribution in [3.63, 3.8) is 0 Å². The number of aryl methyl sites for hydroxylation is 1. The second-order valence-electron chi connectivity index (χ2n) is 7.19. The second kappa shape index (κ2) is 7.47. The first-order valence-corrected chi connectivity index (χ1v) is 9.00. The van der Waals surface area contributed by atoms with E-state index in [0.717, 1.165) is 42.6 Å². The van der Waals surface area contributed by atoms with Gasteiger partial charge in [-0.25, -0.2) is 0 Å². The molecule has 2 saturated carbocycles. The Bertz CT molecular complexity index is 540. The molecule has 1 N–H and O–H groups in total. The van der Waals surface area contributed by atoms with E-state index in [9.17, 15) is 4.79 Å². The molecule has 3 rings (SSSR count). The largest absolute Gasteiger partial charge is 0.384 e. The van der Waals surface area contributed by atoms with Gasteiger partial charge in [-0.2, -0.15) is 5.10 Å². The Morgan fingerprint density at radius 2 is 2.09 bits per heavy atom. The molecule has 2 aliphatic carbocycles. The SMILES string of the molecule is COCCc1cc(NC(=O)[C@@H]2CC[C@H]3CCCC[C@@H]3C2)n(C)n1. The van der Waals surface area contributed by atoms with Crippen LogP contribution in [0.5, 0.6) is 0 Å². The lowest BCUT2D eigenvalue weighted by Gasteiger charge is -2.38. The number of ether oxygens (including phenoxy) is 1. The van der Waals surface area contributed by atoms with Crippen molar-refractivity contribution in [1.82, 2.24) is 9.78 Å². The number of carbonyl (C=O) groups excluding carboxylic acids is 1. The summed E-state index contributed by atoms with van der Waals surface area (Å²) in [6.45, 7) is 0.649. The van der Waals surface area contributed by atoms with Gasteiger partial charge in [-0.15, -0.1) is 0 Å². The molecule has 2 fully saturated rings. The van der Waals surface area contributed by atoms with Gasteiger partial charge in [0.15, 0.2) is 0 Å². The standard InChI is InChI=1S/C18H29N3O2/c1-21-17(12-16(20-21)9-10-23-2)19-18(22)15-8-7-13-5-3-4-6-14(13)11-15/h12-15H,3-11H2,1-2H3,(H,19,22)/t13-,14-,15-/m1/s1. The summed E-state index contributed by atoms with van der Waals surface area (Å²) in [7, 11) is 3.57. The Balaban J connectivity index is 1.57. The van der Waals surface area contributed by atoms with E-state index in [1.165, 1.54) is 32.1 Å². The topological polar surface area (TPSA) is 56.1 Å². The number of nitrogens with one attached hydrogen (secondary N) is 1. The highest BCUT2D eigenvalue weighted by Gasteiger charge is 2.35. The zero-order chi connectivity index (χ0) is 16.2. The average molecular weight is 319 g/mol. The third kappa shape index (κ3) is 3.94. The van der Waals surface area contributed by atoms with Crippen molar-refractivity contribution in [3.8, 4) is 0 Å². The maximum Gasteiger partial charge on any atom is 0.228 e. The molecular formula is C18H29N3O2. The van der Waals surface area contributed by atoms with Gasteiger partial charge in [-0.3, -0.25) is 9.48 Å². The van der Waals surface area contributed by atoms with Gasteiger partial charge in [0.05, 0.1) is 12.3 Å². The summed E-state index contributed by atoms with van der Waals surface area (Å²) >= 11 is 0. The third-order valence-electron chi connectivity index (χ3n) is 5.65. The van der Waals surface area contributed by atoms with Gasteiger partial charge < -0.3 is 10.1 Å². The Kier molecular flexibility index (Phi) is 5.36. The Morgan fingerprint density at radius 3 is 2.87 bits per heavy atom. The van der Waals surface area contributed by atoms with Crippen molar-refractivity contribution in [3.05, 3.63) is 11.8 Å². The first kappa shape index (κ1) is 16.5. The monoisotopic (exact) mass is 319 g/mol. The lowest BCUT2D eigenvalue weighted by molar-refractivity contribution is -0.122. The molecule has 1 aromatic rings. The van der Waals surface area contributed by atoms with Gasteiger partial charge >= 0.3 is 0 Å². The van der Waals surface area contributed by atoms with Crippen molar-refractivity contribution in [2.24, 2.45) is 24.8 Å². The first-order valence-electron chi connectivity index (χ1n) is 9.00. The van der Waals surface area contributed by atoms with Crippen molar-refractivity contribution >= 4 is 11.7 Å². The van der Waals surface area contributed by atoms with E-state index >= 15 is 0 Å². The van der Waals surface area contributed by atoms with E-state index in [-0.39, 0.29) is 11.8 Å². The number of aromatic nitrogens is 2. The van der Waals surface area contributed by atoms with Crippen LogP contribution in [0, 0.1) is 17.8 Å². The van der Waals surface area contributed by atoms with E-state index in [4.69, 9.17) is 4.74 Å². The fourth-order valence-corrected chi connectivity index (χ4v) is 4.31. The predicted octanol–water partition coefficient (Wildman–Crippen LogP) is 3.15. The number of carbonyl (C=O) groups is 1. The lowest BCUT2D eigenvalue weighted by atomic mass is 9.67. The van der Waals surface area contributed by atoms with E-state index in [1.54, 1.807) is 11.8 Å². The number of fused-ring (bicyclic) bond motifs is 1. The highest BCUT2D eigenvalue weighted by molar-refractivity contribution is 5.91. The van der Waals surface area contributed by atoms with Crippen LogP contribution in [0.2, 0.25) is 0 Å². The van der Waals surface area contributed by atoms with Gasteiger partial charge in [0.1, 0.15) is 5.82 Å². The summed E-state index contributed by atoms with van der Waals surface area (Å²) in [4.78, 5) is 12.6. The predicted molar refractivity (Wildman–Crippen MR) is 90.2 cm³/mol. The lowest BCUT2D eigenvalue weighted by Crippen LogP contribution is -2.34. The maximum atomic E-state index is 12.6. The van der Waals surface area contributed by atoms with E-state index in [2.05, 4.69) is 10.4 Å². The number of hydrogen-bond donors (Lipinski definition) is 1. The number of hydrogen-bond acceptors (Lipinski definition) is 3. The van der Waals surface area contributed by atoms with E-state index in [0.29, 0.717) is 6.61 Å². The Morgan fingerprint density at radius 1 is 1.30 bits per heavy atom. The third-order valence-corrected chi connectivity index (χ3v) is 5.65.